The molecule has 0 N–H and O–H groups in total. The van der Waals surface area contributed by atoms with Gasteiger partial charge in [0.25, 0.3) is 11.8 Å². The molecule has 2 amide bonds. The predicted molar refractivity (Wildman–Crippen MR) is 139 cm³/mol. The van der Waals surface area contributed by atoms with Gasteiger partial charge in [-0.2, -0.15) is 0 Å². The highest BCUT2D eigenvalue weighted by molar-refractivity contribution is 6.21. The quantitative estimate of drug-likeness (QED) is 0.362. The molecule has 0 aromatic heterocycles. The normalized spacial score (nSPS) is 10.1. The smallest absolute Gasteiger partial charge is 0.261 e. The molecule has 0 aliphatic carbocycles. The van der Waals surface area contributed by atoms with Crippen LogP contribution >= 0.6 is 0 Å². The van der Waals surface area contributed by atoms with E-state index in [1.165, 1.54) is 10.5 Å². The van der Waals surface area contributed by atoms with E-state index >= 15 is 0 Å². The second kappa shape index (κ2) is 21.0. The summed E-state index contributed by atoms with van der Waals surface area (Å²) < 4.78 is 0. The van der Waals surface area contributed by atoms with Crippen molar-refractivity contribution in [2.75, 3.05) is 6.54 Å². The molecule has 0 bridgehead atoms. The van der Waals surface area contributed by atoms with Crippen molar-refractivity contribution < 1.29 is 9.59 Å². The van der Waals surface area contributed by atoms with E-state index in [0.717, 1.165) is 0 Å². The minimum Gasteiger partial charge on any atom is -0.275 e. The third kappa shape index (κ3) is 11.3. The van der Waals surface area contributed by atoms with Crippen molar-refractivity contribution in [3.8, 4) is 0 Å². The molecule has 4 rings (SSSR count). The van der Waals surface area contributed by atoms with E-state index in [0.29, 0.717) is 17.7 Å². The van der Waals surface area contributed by atoms with Crippen molar-refractivity contribution in [1.82, 2.24) is 4.90 Å². The number of carbonyl (C=O) groups is 2. The molecule has 3 nitrogen and oxygen atoms in total. The van der Waals surface area contributed by atoms with Gasteiger partial charge in [-0.1, -0.05) is 126 Å². The summed E-state index contributed by atoms with van der Waals surface area (Å²) in [7, 11) is 0. The number of benzene rings is 3. The number of aryl methyl sites for hydroxylation is 1. The first-order valence-corrected chi connectivity index (χ1v) is 11.6. The number of nitrogens with zero attached hydrogens (tertiary/aromatic N) is 1. The summed E-state index contributed by atoms with van der Waals surface area (Å²) in [5.74, 6) is -0.355. The number of carbonyl (C=O) groups excluding carboxylic acids is 2. The largest absolute Gasteiger partial charge is 0.275 e. The van der Waals surface area contributed by atoms with E-state index in [1.54, 1.807) is 31.2 Å². The number of hydrogen-bond donors (Lipinski definition) is 0. The Balaban J connectivity index is 0. The van der Waals surface area contributed by atoms with Gasteiger partial charge in [-0.05, 0) is 26.0 Å². The Morgan fingerprint density at radius 1 is 0.531 bits per heavy atom. The van der Waals surface area contributed by atoms with Crippen LogP contribution in [0.4, 0.5) is 0 Å². The summed E-state index contributed by atoms with van der Waals surface area (Å²) in [6.45, 7) is 16.3. The molecule has 0 spiro atoms. The molecule has 0 saturated carbocycles. The molecule has 174 valence electrons. The summed E-state index contributed by atoms with van der Waals surface area (Å²) in [4.78, 5) is 24.3. The van der Waals surface area contributed by atoms with Crippen molar-refractivity contribution in [2.24, 2.45) is 0 Å². The first-order chi connectivity index (χ1) is 15.6. The van der Waals surface area contributed by atoms with Crippen LogP contribution in [0.5, 0.6) is 0 Å². The molecule has 0 saturated heterocycles. The molecule has 3 heteroatoms. The zero-order chi connectivity index (χ0) is 24.8. The van der Waals surface area contributed by atoms with E-state index in [4.69, 9.17) is 0 Å². The molecule has 0 atom stereocenters. The van der Waals surface area contributed by atoms with Crippen molar-refractivity contribution in [3.05, 3.63) is 108 Å². The number of rotatable bonds is 1. The van der Waals surface area contributed by atoms with Gasteiger partial charge in [-0.3, -0.25) is 14.5 Å². The monoisotopic (exact) mass is 435 g/mol. The van der Waals surface area contributed by atoms with E-state index in [-0.39, 0.29) is 11.8 Å². The Morgan fingerprint density at radius 2 is 0.812 bits per heavy atom. The second-order valence-electron chi connectivity index (χ2n) is 5.71. The Kier molecular flexibility index (Phi) is 20.4. The van der Waals surface area contributed by atoms with Gasteiger partial charge < -0.3 is 0 Å². The fraction of sp³-hybridized carbons (Fsp3) is 0.310. The number of amides is 2. The summed E-state index contributed by atoms with van der Waals surface area (Å²) in [6.07, 6.45) is 0. The van der Waals surface area contributed by atoms with Gasteiger partial charge >= 0.3 is 0 Å². The van der Waals surface area contributed by atoms with E-state index < -0.39 is 0 Å². The molecular weight excluding hydrogens is 394 g/mol. The van der Waals surface area contributed by atoms with Gasteiger partial charge in [0.2, 0.25) is 0 Å². The third-order valence-corrected chi connectivity index (χ3v) is 3.80. The predicted octanol–water partition coefficient (Wildman–Crippen LogP) is 8.06. The highest BCUT2D eigenvalue weighted by Crippen LogP contribution is 2.21. The van der Waals surface area contributed by atoms with Crippen molar-refractivity contribution in [2.45, 2.75) is 55.4 Å². The van der Waals surface area contributed by atoms with E-state index in [1.807, 2.05) is 96.1 Å². The van der Waals surface area contributed by atoms with Crippen LogP contribution in [0, 0.1) is 6.92 Å². The van der Waals surface area contributed by atoms with Gasteiger partial charge in [-0.15, -0.1) is 0 Å². The molecule has 1 aliphatic heterocycles. The number of fused-ring (bicyclic) bond motifs is 1. The lowest BCUT2D eigenvalue weighted by atomic mass is 10.1. The maximum atomic E-state index is 11.5. The third-order valence-electron chi connectivity index (χ3n) is 3.80. The Hall–Kier alpha value is -3.20. The van der Waals surface area contributed by atoms with Crippen molar-refractivity contribution >= 4 is 11.8 Å². The first-order valence-electron chi connectivity index (χ1n) is 11.6. The van der Waals surface area contributed by atoms with Gasteiger partial charge in [0.1, 0.15) is 0 Å². The SMILES string of the molecule is CC.CC.CC.CCN1C(=O)c2ccccc2C1=O.Cc1ccccc1.c1ccccc1. The van der Waals surface area contributed by atoms with Crippen LogP contribution in [-0.2, 0) is 0 Å². The maximum Gasteiger partial charge on any atom is 0.261 e. The van der Waals surface area contributed by atoms with Crippen LogP contribution in [-0.4, -0.2) is 23.3 Å². The first kappa shape index (κ1) is 31.0. The summed E-state index contributed by atoms with van der Waals surface area (Å²) >= 11 is 0. The Bertz CT molecular complexity index is 768. The van der Waals surface area contributed by atoms with Gasteiger partial charge in [0, 0.05) is 6.54 Å². The lowest BCUT2D eigenvalue weighted by Crippen LogP contribution is -2.29. The highest BCUT2D eigenvalue weighted by Gasteiger charge is 2.33. The fourth-order valence-electron chi connectivity index (χ4n) is 2.45. The molecule has 0 unspecified atom stereocenters. The van der Waals surface area contributed by atoms with Gasteiger partial charge in [0.15, 0.2) is 0 Å². The minimum atomic E-state index is -0.178. The average molecular weight is 436 g/mol. The Morgan fingerprint density at radius 3 is 1.06 bits per heavy atom. The van der Waals surface area contributed by atoms with Gasteiger partial charge in [-0.25, -0.2) is 0 Å². The van der Waals surface area contributed by atoms with Crippen molar-refractivity contribution in [3.63, 3.8) is 0 Å². The molecule has 3 aromatic carbocycles. The van der Waals surface area contributed by atoms with Crippen LogP contribution in [0.1, 0.15) is 74.7 Å². The van der Waals surface area contributed by atoms with Crippen LogP contribution in [0.25, 0.3) is 0 Å². The number of imide groups is 1. The van der Waals surface area contributed by atoms with E-state index in [9.17, 15) is 9.59 Å². The molecule has 0 fully saturated rings. The summed E-state index contributed by atoms with van der Waals surface area (Å²) in [5, 5.41) is 0. The van der Waals surface area contributed by atoms with Crippen LogP contribution in [0.3, 0.4) is 0 Å². The lowest BCUT2D eigenvalue weighted by Gasteiger charge is -2.08. The molecule has 1 heterocycles. The fourth-order valence-corrected chi connectivity index (χ4v) is 2.45. The lowest BCUT2D eigenvalue weighted by molar-refractivity contribution is 0.0663. The van der Waals surface area contributed by atoms with Crippen LogP contribution in [0.15, 0.2) is 91.0 Å². The minimum absolute atomic E-state index is 0.178. The molecule has 1 aliphatic rings. The summed E-state index contributed by atoms with van der Waals surface area (Å²) in [6, 6.07) is 29.2. The van der Waals surface area contributed by atoms with E-state index in [2.05, 4.69) is 19.1 Å². The van der Waals surface area contributed by atoms with Crippen LogP contribution < -0.4 is 0 Å². The Labute approximate surface area is 196 Å². The average Bonchev–Trinajstić information content (AvgIpc) is 3.14. The molecular formula is C29H41NO2. The highest BCUT2D eigenvalue weighted by atomic mass is 16.2. The van der Waals surface area contributed by atoms with Gasteiger partial charge in [0.05, 0.1) is 11.1 Å². The topological polar surface area (TPSA) is 37.4 Å². The summed E-state index contributed by atoms with van der Waals surface area (Å²) in [5.41, 5.74) is 2.37. The second-order valence-corrected chi connectivity index (χ2v) is 5.71. The van der Waals surface area contributed by atoms with Crippen LogP contribution in [0.2, 0.25) is 0 Å². The molecule has 0 radical (unpaired) electrons. The zero-order valence-electron chi connectivity index (χ0n) is 21.1. The van der Waals surface area contributed by atoms with Crippen molar-refractivity contribution in [1.29, 1.82) is 0 Å². The maximum absolute atomic E-state index is 11.5. The standard InChI is InChI=1S/C10H9NO2.C7H8.C6H6.3C2H6/c1-2-11-9(12)7-5-3-4-6-8(7)10(11)13;1-7-5-3-2-4-6-7;1-2-4-6-5-3-1;3*1-2/h3-6H,2H2,1H3;2-6H,1H3;1-6H;3*1-2H3. The molecule has 3 aromatic rings. The molecule has 32 heavy (non-hydrogen) atoms. The number of hydrogen-bond acceptors (Lipinski definition) is 2. The zero-order valence-corrected chi connectivity index (χ0v) is 21.1.